The molecule has 1 aliphatic heterocycles. The van der Waals surface area contributed by atoms with Crippen LogP contribution in [0.1, 0.15) is 5.82 Å². The van der Waals surface area contributed by atoms with Crippen LogP contribution in [-0.2, 0) is 11.2 Å². The van der Waals surface area contributed by atoms with E-state index in [1.54, 1.807) is 0 Å². The smallest absolute Gasteiger partial charge is 0.240 e. The lowest BCUT2D eigenvalue weighted by molar-refractivity contribution is -0.124. The fourth-order valence-corrected chi connectivity index (χ4v) is 1.47. The summed E-state index contributed by atoms with van der Waals surface area (Å²) in [7, 11) is 0. The molecule has 1 saturated heterocycles. The van der Waals surface area contributed by atoms with Crippen LogP contribution in [0.5, 0.6) is 0 Å². The van der Waals surface area contributed by atoms with Crippen LogP contribution in [0.3, 0.4) is 0 Å². The third-order valence-corrected chi connectivity index (χ3v) is 2.31. The predicted molar refractivity (Wildman–Crippen MR) is 53.1 cm³/mol. The van der Waals surface area contributed by atoms with E-state index in [1.165, 1.54) is 4.68 Å². The van der Waals surface area contributed by atoms with Crippen LogP contribution in [0.4, 0.5) is 5.95 Å². The van der Waals surface area contributed by atoms with Gasteiger partial charge in [-0.2, -0.15) is 0 Å². The Kier molecular flexibility index (Phi) is 2.42. The number of hydrogen-bond donors (Lipinski definition) is 4. The van der Waals surface area contributed by atoms with Crippen molar-refractivity contribution in [3.05, 3.63) is 5.82 Å². The van der Waals surface area contributed by atoms with Gasteiger partial charge in [-0.05, 0) is 0 Å². The largest absolute Gasteiger partial charge is 0.366 e. The van der Waals surface area contributed by atoms with E-state index in [2.05, 4.69) is 20.8 Å². The molecule has 1 atom stereocenters. The molecule has 15 heavy (non-hydrogen) atoms. The van der Waals surface area contributed by atoms with Gasteiger partial charge in [-0.15, -0.1) is 10.2 Å². The van der Waals surface area contributed by atoms with E-state index in [-0.39, 0.29) is 17.9 Å². The SMILES string of the molecule is Nc1nnc(CC2NCCNC2=O)n1N. The lowest BCUT2D eigenvalue weighted by Gasteiger charge is -2.22. The normalized spacial score (nSPS) is 21.3. The number of anilines is 1. The highest BCUT2D eigenvalue weighted by Crippen LogP contribution is 2.03. The minimum atomic E-state index is -0.315. The molecule has 1 aromatic heterocycles. The molecule has 0 radical (unpaired) electrons. The first-order valence-corrected chi connectivity index (χ1v) is 4.64. The summed E-state index contributed by atoms with van der Waals surface area (Å²) in [5.41, 5.74) is 5.42. The Hall–Kier alpha value is -1.83. The van der Waals surface area contributed by atoms with Crippen LogP contribution in [0.25, 0.3) is 0 Å². The van der Waals surface area contributed by atoms with Gasteiger partial charge in [0.05, 0.1) is 6.04 Å². The molecule has 0 aromatic carbocycles. The summed E-state index contributed by atoms with van der Waals surface area (Å²) in [4.78, 5) is 11.4. The second kappa shape index (κ2) is 3.73. The number of rotatable bonds is 2. The van der Waals surface area contributed by atoms with E-state index in [0.29, 0.717) is 18.8 Å². The highest BCUT2D eigenvalue weighted by atomic mass is 16.2. The highest BCUT2D eigenvalue weighted by molar-refractivity contribution is 5.82. The lowest BCUT2D eigenvalue weighted by Crippen LogP contribution is -2.54. The topological polar surface area (TPSA) is 124 Å². The molecular weight excluding hydrogens is 198 g/mol. The standard InChI is InChI=1S/C7H13N7O/c8-7-13-12-5(14(7)9)3-4-6(15)11-2-1-10-4/h4,10H,1-3,9H2,(H2,8,13)(H,11,15). The summed E-state index contributed by atoms with van der Waals surface area (Å²) < 4.78 is 1.18. The molecule has 1 unspecified atom stereocenters. The van der Waals surface area contributed by atoms with Crippen molar-refractivity contribution in [2.24, 2.45) is 0 Å². The van der Waals surface area contributed by atoms with Gasteiger partial charge in [-0.1, -0.05) is 0 Å². The maximum atomic E-state index is 11.4. The van der Waals surface area contributed by atoms with Gasteiger partial charge in [0.1, 0.15) is 0 Å². The summed E-state index contributed by atoms with van der Waals surface area (Å²) in [5.74, 6) is 6.15. The van der Waals surface area contributed by atoms with Gasteiger partial charge in [0.15, 0.2) is 5.82 Å². The Bertz CT molecular complexity index is 373. The zero-order valence-corrected chi connectivity index (χ0v) is 8.10. The fraction of sp³-hybridized carbons (Fsp3) is 0.571. The van der Waals surface area contributed by atoms with Gasteiger partial charge >= 0.3 is 0 Å². The molecule has 2 heterocycles. The monoisotopic (exact) mass is 211 g/mol. The molecule has 1 amide bonds. The molecule has 0 bridgehead atoms. The summed E-state index contributed by atoms with van der Waals surface area (Å²) in [5, 5.41) is 13.2. The van der Waals surface area contributed by atoms with E-state index in [0.717, 1.165) is 6.54 Å². The molecular formula is C7H13N7O. The Morgan fingerprint density at radius 2 is 2.27 bits per heavy atom. The summed E-state index contributed by atoms with van der Waals surface area (Å²) in [6, 6.07) is -0.315. The van der Waals surface area contributed by atoms with Crippen molar-refractivity contribution in [1.29, 1.82) is 0 Å². The summed E-state index contributed by atoms with van der Waals surface area (Å²) >= 11 is 0. The van der Waals surface area contributed by atoms with Gasteiger partial charge < -0.3 is 22.2 Å². The van der Waals surface area contributed by atoms with Crippen molar-refractivity contribution in [3.8, 4) is 0 Å². The molecule has 6 N–H and O–H groups in total. The predicted octanol–water partition coefficient (Wildman–Crippen LogP) is -2.80. The Labute approximate surface area is 86.0 Å². The zero-order chi connectivity index (χ0) is 10.8. The van der Waals surface area contributed by atoms with Crippen molar-refractivity contribution in [3.63, 3.8) is 0 Å². The summed E-state index contributed by atoms with van der Waals surface area (Å²) in [6.45, 7) is 1.39. The molecule has 8 nitrogen and oxygen atoms in total. The first-order valence-electron chi connectivity index (χ1n) is 4.64. The molecule has 8 heteroatoms. The number of carbonyl (C=O) groups is 1. The van der Waals surface area contributed by atoms with Crippen LogP contribution >= 0.6 is 0 Å². The van der Waals surface area contributed by atoms with Crippen molar-refractivity contribution < 1.29 is 4.79 Å². The maximum Gasteiger partial charge on any atom is 0.240 e. The summed E-state index contributed by atoms with van der Waals surface area (Å²) in [6.07, 6.45) is 0.381. The minimum absolute atomic E-state index is 0.0529. The van der Waals surface area contributed by atoms with Crippen molar-refractivity contribution in [2.45, 2.75) is 12.5 Å². The lowest BCUT2D eigenvalue weighted by atomic mass is 10.1. The van der Waals surface area contributed by atoms with Gasteiger partial charge in [-0.25, -0.2) is 4.68 Å². The van der Waals surface area contributed by atoms with Crippen molar-refractivity contribution >= 4 is 11.9 Å². The number of hydrogen-bond acceptors (Lipinski definition) is 6. The molecule has 0 aliphatic carbocycles. The van der Waals surface area contributed by atoms with E-state index in [4.69, 9.17) is 11.6 Å². The number of nitrogens with two attached hydrogens (primary N) is 2. The van der Waals surface area contributed by atoms with E-state index in [1.807, 2.05) is 0 Å². The van der Waals surface area contributed by atoms with Gasteiger partial charge in [-0.3, -0.25) is 4.79 Å². The molecule has 0 spiro atoms. The number of aromatic nitrogens is 3. The quantitative estimate of drug-likeness (QED) is 0.392. The molecule has 2 rings (SSSR count). The Morgan fingerprint density at radius 1 is 1.47 bits per heavy atom. The number of piperazine rings is 1. The molecule has 0 saturated carbocycles. The number of nitrogens with zero attached hydrogens (tertiary/aromatic N) is 3. The third kappa shape index (κ3) is 1.84. The van der Waals surface area contributed by atoms with Crippen molar-refractivity contribution in [1.82, 2.24) is 25.5 Å². The zero-order valence-electron chi connectivity index (χ0n) is 8.10. The third-order valence-electron chi connectivity index (χ3n) is 2.31. The van der Waals surface area contributed by atoms with Gasteiger partial charge in [0.25, 0.3) is 0 Å². The average Bonchev–Trinajstić information content (AvgIpc) is 2.53. The Morgan fingerprint density at radius 3 is 2.87 bits per heavy atom. The van der Waals surface area contributed by atoms with Gasteiger partial charge in [0.2, 0.25) is 11.9 Å². The maximum absolute atomic E-state index is 11.4. The van der Waals surface area contributed by atoms with E-state index in [9.17, 15) is 4.79 Å². The second-order valence-electron chi connectivity index (χ2n) is 3.35. The van der Waals surface area contributed by atoms with Crippen LogP contribution in [0, 0.1) is 0 Å². The number of amides is 1. The number of nitrogens with one attached hydrogen (secondary N) is 2. The first kappa shape index (κ1) is 9.71. The minimum Gasteiger partial charge on any atom is -0.366 e. The molecule has 1 fully saturated rings. The number of nitrogen functional groups attached to an aromatic ring is 2. The van der Waals surface area contributed by atoms with Crippen molar-refractivity contribution in [2.75, 3.05) is 24.7 Å². The van der Waals surface area contributed by atoms with Crippen LogP contribution in [0.15, 0.2) is 0 Å². The van der Waals surface area contributed by atoms with E-state index >= 15 is 0 Å². The number of carbonyl (C=O) groups excluding carboxylic acids is 1. The average molecular weight is 211 g/mol. The van der Waals surface area contributed by atoms with Gasteiger partial charge in [0, 0.05) is 19.5 Å². The second-order valence-corrected chi connectivity index (χ2v) is 3.35. The first-order chi connectivity index (χ1) is 7.18. The van der Waals surface area contributed by atoms with Crippen LogP contribution in [0.2, 0.25) is 0 Å². The van der Waals surface area contributed by atoms with Crippen LogP contribution in [-0.4, -0.2) is 39.9 Å². The van der Waals surface area contributed by atoms with Crippen LogP contribution < -0.4 is 22.2 Å². The molecule has 1 aromatic rings. The molecule has 82 valence electrons. The highest BCUT2D eigenvalue weighted by Gasteiger charge is 2.23. The van der Waals surface area contributed by atoms with E-state index < -0.39 is 0 Å². The Balaban J connectivity index is 2.07. The molecule has 1 aliphatic rings. The fourth-order valence-electron chi connectivity index (χ4n) is 1.47.